The van der Waals surface area contributed by atoms with Crippen molar-refractivity contribution in [1.82, 2.24) is 3.12 Å². The molecule has 1 fully saturated rings. The van der Waals surface area contributed by atoms with Crippen molar-refractivity contribution < 1.29 is 0 Å². The standard InChI is InChI=1S/C5H10N.Sn.3H/c1-2-4-6-5-3-1;;;;/h1-5H2;;;;/q-1;+1;;;. The molecule has 0 unspecified atom stereocenters. The summed E-state index contributed by atoms with van der Waals surface area (Å²) >= 11 is 0.818. The van der Waals surface area contributed by atoms with E-state index in [4.69, 9.17) is 0 Å². The maximum atomic E-state index is 2.60. The van der Waals surface area contributed by atoms with E-state index in [1.54, 1.807) is 0 Å². The summed E-state index contributed by atoms with van der Waals surface area (Å²) in [7, 11) is 0. The van der Waals surface area contributed by atoms with Crippen LogP contribution in [0.4, 0.5) is 0 Å². The molecule has 1 rings (SSSR count). The zero-order chi connectivity index (χ0) is 5.11. The summed E-state index contributed by atoms with van der Waals surface area (Å²) in [5.74, 6) is 0. The Hall–Kier alpha value is 0.759. The Bertz CT molecular complexity index is 50.0. The Morgan fingerprint density at radius 2 is 1.57 bits per heavy atom. The van der Waals surface area contributed by atoms with Gasteiger partial charge in [-0.15, -0.1) is 0 Å². The molecule has 0 aromatic rings. The van der Waals surface area contributed by atoms with Crippen molar-refractivity contribution in [2.75, 3.05) is 13.1 Å². The van der Waals surface area contributed by atoms with E-state index in [1.807, 2.05) is 0 Å². The van der Waals surface area contributed by atoms with Gasteiger partial charge in [-0.3, -0.25) is 0 Å². The summed E-state index contributed by atoms with van der Waals surface area (Å²) in [4.78, 5) is 0. The van der Waals surface area contributed by atoms with E-state index in [0.29, 0.717) is 0 Å². The van der Waals surface area contributed by atoms with E-state index >= 15 is 0 Å². The van der Waals surface area contributed by atoms with E-state index in [2.05, 4.69) is 3.12 Å². The van der Waals surface area contributed by atoms with Crippen molar-refractivity contribution in [1.29, 1.82) is 0 Å². The summed E-state index contributed by atoms with van der Waals surface area (Å²) in [5, 5.41) is 0. The first-order valence-corrected chi connectivity index (χ1v) is 5.63. The molecule has 0 amide bonds. The second-order valence-corrected chi connectivity index (χ2v) is 5.97. The molecule has 0 aliphatic carbocycles. The molecule has 0 atom stereocenters. The number of piperidine rings is 1. The SMILES string of the molecule is [SnH3][N]1CCCCC1. The van der Waals surface area contributed by atoms with Crippen LogP contribution in [0.2, 0.25) is 0 Å². The van der Waals surface area contributed by atoms with Crippen molar-refractivity contribution in [2.24, 2.45) is 0 Å². The first kappa shape index (κ1) is 5.89. The number of hydrogen-bond donors (Lipinski definition) is 0. The van der Waals surface area contributed by atoms with Gasteiger partial charge < -0.3 is 0 Å². The first-order chi connectivity index (χ1) is 3.39. The molecule has 0 aromatic heterocycles. The van der Waals surface area contributed by atoms with E-state index in [9.17, 15) is 0 Å². The fraction of sp³-hybridized carbons (Fsp3) is 1.00. The van der Waals surface area contributed by atoms with Gasteiger partial charge in [0.2, 0.25) is 0 Å². The van der Waals surface area contributed by atoms with Gasteiger partial charge in [-0.2, -0.15) is 0 Å². The van der Waals surface area contributed by atoms with Crippen molar-refractivity contribution in [3.63, 3.8) is 0 Å². The molecule has 1 heterocycles. The molecule has 1 nitrogen and oxygen atoms in total. The van der Waals surface area contributed by atoms with E-state index in [0.717, 1.165) is 22.8 Å². The van der Waals surface area contributed by atoms with Crippen LogP contribution in [-0.4, -0.2) is 39.0 Å². The van der Waals surface area contributed by atoms with Gasteiger partial charge in [0.15, 0.2) is 0 Å². The van der Waals surface area contributed by atoms with Crippen LogP contribution in [0.1, 0.15) is 19.3 Å². The predicted octanol–water partition coefficient (Wildman–Crippen LogP) is -0.247. The summed E-state index contributed by atoms with van der Waals surface area (Å²) < 4.78 is 2.60. The minimum absolute atomic E-state index is 0.818. The molecule has 1 aliphatic rings. The van der Waals surface area contributed by atoms with Crippen LogP contribution in [0.5, 0.6) is 0 Å². The molecule has 0 radical (unpaired) electrons. The molecule has 0 saturated carbocycles. The predicted molar refractivity (Wildman–Crippen MR) is 35.4 cm³/mol. The average Bonchev–Trinajstić information content (AvgIpc) is 1.69. The van der Waals surface area contributed by atoms with Crippen LogP contribution in [0.3, 0.4) is 0 Å². The van der Waals surface area contributed by atoms with E-state index in [-0.39, 0.29) is 0 Å². The van der Waals surface area contributed by atoms with Gasteiger partial charge in [-0.1, -0.05) is 0 Å². The normalized spacial score (nSPS) is 25.7. The van der Waals surface area contributed by atoms with Gasteiger partial charge in [0.25, 0.3) is 0 Å². The number of nitrogens with zero attached hydrogens (tertiary/aromatic N) is 1. The zero-order valence-corrected chi connectivity index (χ0v) is 10.7. The first-order valence-electron chi connectivity index (χ1n) is 3.08. The minimum atomic E-state index is 0.818. The average molecular weight is 206 g/mol. The van der Waals surface area contributed by atoms with Crippen LogP contribution in [0.15, 0.2) is 0 Å². The van der Waals surface area contributed by atoms with Crippen molar-refractivity contribution in [2.45, 2.75) is 19.3 Å². The van der Waals surface area contributed by atoms with E-state index in [1.165, 1.54) is 32.4 Å². The van der Waals surface area contributed by atoms with Crippen molar-refractivity contribution in [3.8, 4) is 0 Å². The fourth-order valence-corrected chi connectivity index (χ4v) is 2.86. The van der Waals surface area contributed by atoms with Crippen molar-refractivity contribution in [3.05, 3.63) is 0 Å². The molecular weight excluding hydrogens is 193 g/mol. The van der Waals surface area contributed by atoms with Gasteiger partial charge in [-0.05, 0) is 0 Å². The molecule has 0 spiro atoms. The summed E-state index contributed by atoms with van der Waals surface area (Å²) in [5.41, 5.74) is 0. The van der Waals surface area contributed by atoms with E-state index < -0.39 is 0 Å². The maximum absolute atomic E-state index is 2.60. The zero-order valence-electron chi connectivity index (χ0n) is 4.98. The molecule has 0 bridgehead atoms. The molecule has 7 heavy (non-hydrogen) atoms. The van der Waals surface area contributed by atoms with Crippen molar-refractivity contribution >= 4 is 22.8 Å². The van der Waals surface area contributed by atoms with Crippen LogP contribution in [0.25, 0.3) is 0 Å². The van der Waals surface area contributed by atoms with Gasteiger partial charge in [0.05, 0.1) is 0 Å². The number of rotatable bonds is 0. The Morgan fingerprint density at radius 1 is 1.00 bits per heavy atom. The molecule has 1 aliphatic heterocycles. The van der Waals surface area contributed by atoms with Crippen LogP contribution >= 0.6 is 0 Å². The molecule has 1 saturated heterocycles. The Morgan fingerprint density at radius 3 is 1.86 bits per heavy atom. The van der Waals surface area contributed by atoms with Gasteiger partial charge in [-0.25, -0.2) is 0 Å². The third kappa shape index (κ3) is 2.00. The van der Waals surface area contributed by atoms with Gasteiger partial charge in [0.1, 0.15) is 0 Å². The second-order valence-electron chi connectivity index (χ2n) is 2.36. The van der Waals surface area contributed by atoms with Crippen LogP contribution < -0.4 is 0 Å². The number of hydrogen-bond acceptors (Lipinski definition) is 1. The van der Waals surface area contributed by atoms with Crippen LogP contribution in [-0.2, 0) is 0 Å². The monoisotopic (exact) mass is 207 g/mol. The molecule has 0 N–H and O–H groups in total. The topological polar surface area (TPSA) is 3.24 Å². The van der Waals surface area contributed by atoms with Crippen LogP contribution in [0, 0.1) is 0 Å². The summed E-state index contributed by atoms with van der Waals surface area (Å²) in [6.07, 6.45) is 4.41. The Kier molecular flexibility index (Phi) is 2.46. The fourth-order valence-electron chi connectivity index (χ4n) is 1.05. The van der Waals surface area contributed by atoms with Gasteiger partial charge >= 0.3 is 58.3 Å². The molecule has 42 valence electrons. The Balaban J connectivity index is 2.12. The Labute approximate surface area is 58.5 Å². The molecule has 0 aromatic carbocycles. The summed E-state index contributed by atoms with van der Waals surface area (Å²) in [6.45, 7) is 2.83. The second kappa shape index (κ2) is 2.92. The third-order valence-electron chi connectivity index (χ3n) is 1.58. The summed E-state index contributed by atoms with van der Waals surface area (Å²) in [6, 6.07) is 0. The third-order valence-corrected chi connectivity index (χ3v) is 4.13. The quantitative estimate of drug-likeness (QED) is 0.494. The van der Waals surface area contributed by atoms with Gasteiger partial charge in [0, 0.05) is 0 Å². The molecule has 2 heteroatoms. The molecular formula is C5H13NSn.